The number of fused-ring (bicyclic) bond motifs is 1. The van der Waals surface area contributed by atoms with Crippen LogP contribution in [0, 0.1) is 5.82 Å². The minimum Gasteiger partial charge on any atom is -0.364 e. The van der Waals surface area contributed by atoms with Gasteiger partial charge in [0.1, 0.15) is 11.6 Å². The number of hydrogen-bond acceptors (Lipinski definition) is 3. The van der Waals surface area contributed by atoms with Crippen LogP contribution in [0.15, 0.2) is 54.6 Å². The molecular formula is C20H21FN4. The molecule has 2 heterocycles. The van der Waals surface area contributed by atoms with Gasteiger partial charge in [0.25, 0.3) is 0 Å². The minimum atomic E-state index is -0.197. The number of likely N-dealkylation sites (N-methyl/N-ethyl adjacent to an activating group) is 1. The second kappa shape index (κ2) is 6.69. The van der Waals surface area contributed by atoms with Crippen LogP contribution in [-0.4, -0.2) is 28.3 Å². The van der Waals surface area contributed by atoms with Gasteiger partial charge in [-0.25, -0.2) is 4.39 Å². The summed E-state index contributed by atoms with van der Waals surface area (Å²) in [5, 5.41) is 7.79. The standard InChI is InChI=1S/C20H21FN4/c1-24-9-10-25-18(14-24)12-20(23-25)22-13-17-8-7-16(11-19(17)21)15-5-3-2-4-6-15/h2-8,11-12H,9-10,13-14H2,1H3,(H,22,23). The average molecular weight is 336 g/mol. The summed E-state index contributed by atoms with van der Waals surface area (Å²) in [6.07, 6.45) is 0. The minimum absolute atomic E-state index is 0.197. The van der Waals surface area contributed by atoms with E-state index in [0.717, 1.165) is 36.6 Å². The first-order chi connectivity index (χ1) is 12.2. The Morgan fingerprint density at radius 1 is 1.04 bits per heavy atom. The number of anilines is 1. The van der Waals surface area contributed by atoms with Crippen LogP contribution in [0.2, 0.25) is 0 Å². The molecule has 0 saturated heterocycles. The predicted octanol–water partition coefficient (Wildman–Crippen LogP) is 3.75. The van der Waals surface area contributed by atoms with Gasteiger partial charge in [-0.1, -0.05) is 42.5 Å². The molecule has 1 aliphatic rings. The fraction of sp³-hybridized carbons (Fsp3) is 0.250. The second-order valence-electron chi connectivity index (χ2n) is 6.51. The normalized spacial score (nSPS) is 14.3. The molecule has 25 heavy (non-hydrogen) atoms. The zero-order valence-electron chi connectivity index (χ0n) is 14.2. The van der Waals surface area contributed by atoms with Crippen molar-refractivity contribution in [2.24, 2.45) is 0 Å². The Kier molecular flexibility index (Phi) is 4.24. The van der Waals surface area contributed by atoms with Crippen molar-refractivity contribution >= 4 is 5.82 Å². The molecular weight excluding hydrogens is 315 g/mol. The van der Waals surface area contributed by atoms with E-state index in [2.05, 4.69) is 22.4 Å². The first-order valence-electron chi connectivity index (χ1n) is 8.52. The summed E-state index contributed by atoms with van der Waals surface area (Å²) >= 11 is 0. The molecule has 2 aromatic carbocycles. The number of benzene rings is 2. The molecule has 4 rings (SSSR count). The smallest absolute Gasteiger partial charge is 0.148 e. The molecule has 0 unspecified atom stereocenters. The molecule has 0 aliphatic carbocycles. The molecule has 5 heteroatoms. The third kappa shape index (κ3) is 3.42. The highest BCUT2D eigenvalue weighted by atomic mass is 19.1. The Morgan fingerprint density at radius 3 is 2.68 bits per heavy atom. The molecule has 0 fully saturated rings. The lowest BCUT2D eigenvalue weighted by atomic mass is 10.0. The summed E-state index contributed by atoms with van der Waals surface area (Å²) in [6, 6.07) is 17.3. The monoisotopic (exact) mass is 336 g/mol. The van der Waals surface area contributed by atoms with Gasteiger partial charge in [0.2, 0.25) is 0 Å². The zero-order chi connectivity index (χ0) is 17.2. The van der Waals surface area contributed by atoms with E-state index in [0.29, 0.717) is 12.1 Å². The number of rotatable bonds is 4. The number of hydrogen-bond donors (Lipinski definition) is 1. The van der Waals surface area contributed by atoms with E-state index >= 15 is 0 Å². The summed E-state index contributed by atoms with van der Waals surface area (Å²) in [5.41, 5.74) is 3.74. The fourth-order valence-corrected chi connectivity index (χ4v) is 3.17. The van der Waals surface area contributed by atoms with E-state index < -0.39 is 0 Å². The van der Waals surface area contributed by atoms with Crippen molar-refractivity contribution in [3.8, 4) is 11.1 Å². The predicted molar refractivity (Wildman–Crippen MR) is 97.7 cm³/mol. The Balaban J connectivity index is 1.47. The molecule has 1 N–H and O–H groups in total. The van der Waals surface area contributed by atoms with Gasteiger partial charge in [0, 0.05) is 31.3 Å². The molecule has 128 valence electrons. The molecule has 4 nitrogen and oxygen atoms in total. The highest BCUT2D eigenvalue weighted by molar-refractivity contribution is 5.63. The lowest BCUT2D eigenvalue weighted by Gasteiger charge is -2.22. The summed E-state index contributed by atoms with van der Waals surface area (Å²) in [4.78, 5) is 2.27. The van der Waals surface area contributed by atoms with Crippen molar-refractivity contribution in [2.45, 2.75) is 19.6 Å². The van der Waals surface area contributed by atoms with Crippen molar-refractivity contribution < 1.29 is 4.39 Å². The van der Waals surface area contributed by atoms with Crippen LogP contribution >= 0.6 is 0 Å². The van der Waals surface area contributed by atoms with Crippen LogP contribution in [0.1, 0.15) is 11.3 Å². The quantitative estimate of drug-likeness (QED) is 0.788. The second-order valence-corrected chi connectivity index (χ2v) is 6.51. The van der Waals surface area contributed by atoms with Gasteiger partial charge in [-0.3, -0.25) is 9.58 Å². The largest absolute Gasteiger partial charge is 0.364 e. The first-order valence-corrected chi connectivity index (χ1v) is 8.52. The van der Waals surface area contributed by atoms with Crippen LogP contribution in [-0.2, 0) is 19.6 Å². The molecule has 0 atom stereocenters. The molecule has 0 radical (unpaired) electrons. The van der Waals surface area contributed by atoms with Gasteiger partial charge < -0.3 is 5.32 Å². The lowest BCUT2D eigenvalue weighted by Crippen LogP contribution is -2.30. The average Bonchev–Trinajstić information content (AvgIpc) is 3.03. The summed E-state index contributed by atoms with van der Waals surface area (Å²) in [5.74, 6) is 0.606. The summed E-state index contributed by atoms with van der Waals surface area (Å²) < 4.78 is 16.5. The van der Waals surface area contributed by atoms with Crippen LogP contribution in [0.5, 0.6) is 0 Å². The van der Waals surface area contributed by atoms with Crippen LogP contribution < -0.4 is 5.32 Å². The van der Waals surface area contributed by atoms with Crippen LogP contribution in [0.25, 0.3) is 11.1 Å². The van der Waals surface area contributed by atoms with E-state index in [4.69, 9.17) is 0 Å². The lowest BCUT2D eigenvalue weighted by molar-refractivity contribution is 0.259. The van der Waals surface area contributed by atoms with Crippen molar-refractivity contribution in [2.75, 3.05) is 18.9 Å². The topological polar surface area (TPSA) is 33.1 Å². The van der Waals surface area contributed by atoms with E-state index in [1.807, 2.05) is 53.2 Å². The molecule has 0 bridgehead atoms. The number of aromatic nitrogens is 2. The maximum absolute atomic E-state index is 14.4. The summed E-state index contributed by atoms with van der Waals surface area (Å²) in [7, 11) is 2.10. The third-order valence-corrected chi connectivity index (χ3v) is 4.61. The Morgan fingerprint density at radius 2 is 1.88 bits per heavy atom. The van der Waals surface area contributed by atoms with Crippen LogP contribution in [0.4, 0.5) is 10.2 Å². The fourth-order valence-electron chi connectivity index (χ4n) is 3.17. The molecule has 0 amide bonds. The Bertz CT molecular complexity index is 873. The van der Waals surface area contributed by atoms with Crippen molar-refractivity contribution in [3.05, 3.63) is 71.7 Å². The molecule has 1 aliphatic heterocycles. The maximum Gasteiger partial charge on any atom is 0.148 e. The van der Waals surface area contributed by atoms with E-state index in [9.17, 15) is 4.39 Å². The molecule has 0 saturated carbocycles. The van der Waals surface area contributed by atoms with Gasteiger partial charge >= 0.3 is 0 Å². The summed E-state index contributed by atoms with van der Waals surface area (Å²) in [6.45, 7) is 3.22. The van der Waals surface area contributed by atoms with E-state index in [1.165, 1.54) is 5.69 Å². The van der Waals surface area contributed by atoms with Gasteiger partial charge in [-0.15, -0.1) is 0 Å². The van der Waals surface area contributed by atoms with Crippen molar-refractivity contribution in [1.82, 2.24) is 14.7 Å². The van der Waals surface area contributed by atoms with Gasteiger partial charge in [-0.05, 0) is 24.2 Å². The van der Waals surface area contributed by atoms with Crippen molar-refractivity contribution in [1.29, 1.82) is 0 Å². The highest BCUT2D eigenvalue weighted by Crippen LogP contribution is 2.22. The van der Waals surface area contributed by atoms with E-state index in [-0.39, 0.29) is 5.82 Å². The number of halogens is 1. The molecule has 0 spiro atoms. The van der Waals surface area contributed by atoms with Gasteiger partial charge in [0.15, 0.2) is 0 Å². The molecule has 3 aromatic rings. The van der Waals surface area contributed by atoms with E-state index in [1.54, 1.807) is 6.07 Å². The Hall–Kier alpha value is -2.66. The maximum atomic E-state index is 14.4. The Labute approximate surface area is 146 Å². The zero-order valence-corrected chi connectivity index (χ0v) is 14.2. The number of nitrogens with zero attached hydrogens (tertiary/aromatic N) is 3. The van der Waals surface area contributed by atoms with Crippen molar-refractivity contribution in [3.63, 3.8) is 0 Å². The molecule has 1 aromatic heterocycles. The third-order valence-electron chi connectivity index (χ3n) is 4.61. The SMILES string of the molecule is CN1CCn2nc(NCc3ccc(-c4ccccc4)cc3F)cc2C1. The van der Waals surface area contributed by atoms with Gasteiger partial charge in [0.05, 0.1) is 12.2 Å². The first kappa shape index (κ1) is 15.8. The van der Waals surface area contributed by atoms with Crippen LogP contribution in [0.3, 0.4) is 0 Å². The highest BCUT2D eigenvalue weighted by Gasteiger charge is 2.15. The number of nitrogens with one attached hydrogen (secondary N) is 1. The van der Waals surface area contributed by atoms with Gasteiger partial charge in [-0.2, -0.15) is 5.10 Å².